The molecule has 0 radical (unpaired) electrons. The van der Waals surface area contributed by atoms with Gasteiger partial charge in [0.2, 0.25) is 11.7 Å². The predicted octanol–water partition coefficient (Wildman–Crippen LogP) is 1.76. The molecule has 2 aromatic heterocycles. The zero-order chi connectivity index (χ0) is 18.8. The summed E-state index contributed by atoms with van der Waals surface area (Å²) in [5.74, 6) is -0.367. The van der Waals surface area contributed by atoms with Crippen molar-refractivity contribution in [2.24, 2.45) is 0 Å². The van der Waals surface area contributed by atoms with E-state index in [1.165, 1.54) is 16.5 Å². The van der Waals surface area contributed by atoms with Gasteiger partial charge in [-0.05, 0) is 44.0 Å². The van der Waals surface area contributed by atoms with Crippen molar-refractivity contribution in [3.8, 4) is 0 Å². The van der Waals surface area contributed by atoms with Crippen LogP contribution in [0.4, 0.5) is 5.69 Å². The number of likely N-dealkylation sites (N-methyl/N-ethyl adjacent to an activating group) is 1. The van der Waals surface area contributed by atoms with Gasteiger partial charge in [-0.1, -0.05) is 12.1 Å². The third-order valence-corrected chi connectivity index (χ3v) is 4.23. The Bertz CT molecular complexity index is 995. The predicted molar refractivity (Wildman–Crippen MR) is 97.0 cm³/mol. The normalized spacial score (nSPS) is 10.8. The molecule has 0 saturated carbocycles. The summed E-state index contributed by atoms with van der Waals surface area (Å²) in [5, 5.41) is 7.00. The quantitative estimate of drug-likeness (QED) is 0.772. The Kier molecular flexibility index (Phi) is 4.66. The van der Waals surface area contributed by atoms with Crippen LogP contribution in [0.1, 0.15) is 27.4 Å². The van der Waals surface area contributed by atoms with E-state index in [1.807, 2.05) is 39.0 Å². The zero-order valence-corrected chi connectivity index (χ0v) is 15.1. The second-order valence-corrected chi connectivity index (χ2v) is 6.19. The second kappa shape index (κ2) is 6.91. The number of amides is 2. The van der Waals surface area contributed by atoms with Crippen molar-refractivity contribution in [2.75, 3.05) is 18.9 Å². The summed E-state index contributed by atoms with van der Waals surface area (Å²) in [6.45, 7) is 5.66. The van der Waals surface area contributed by atoms with Crippen molar-refractivity contribution < 1.29 is 9.59 Å². The number of nitrogens with zero attached hydrogens (tertiary/aromatic N) is 5. The van der Waals surface area contributed by atoms with Crippen LogP contribution in [0.15, 0.2) is 30.5 Å². The molecule has 8 nitrogen and oxygen atoms in total. The van der Waals surface area contributed by atoms with Crippen LogP contribution in [0, 0.1) is 20.8 Å². The minimum Gasteiger partial charge on any atom is -0.330 e. The first-order valence-corrected chi connectivity index (χ1v) is 8.16. The number of nitrogens with one attached hydrogen (secondary N) is 1. The maximum absolute atomic E-state index is 12.5. The van der Waals surface area contributed by atoms with E-state index in [0.29, 0.717) is 5.78 Å². The lowest BCUT2D eigenvalue weighted by Gasteiger charge is -2.16. The molecule has 8 heteroatoms. The molecule has 0 spiro atoms. The molecule has 0 unspecified atom stereocenters. The van der Waals surface area contributed by atoms with E-state index in [4.69, 9.17) is 0 Å². The molecular weight excluding hydrogens is 332 g/mol. The van der Waals surface area contributed by atoms with Crippen LogP contribution in [0.5, 0.6) is 0 Å². The van der Waals surface area contributed by atoms with E-state index < -0.39 is 5.91 Å². The fraction of sp³-hybridized carbons (Fsp3) is 0.278. The van der Waals surface area contributed by atoms with Gasteiger partial charge < -0.3 is 10.2 Å². The van der Waals surface area contributed by atoms with Gasteiger partial charge in [0.1, 0.15) is 0 Å². The van der Waals surface area contributed by atoms with Crippen LogP contribution < -0.4 is 5.32 Å². The van der Waals surface area contributed by atoms with Crippen molar-refractivity contribution in [1.29, 1.82) is 0 Å². The summed E-state index contributed by atoms with van der Waals surface area (Å²) >= 11 is 0. The van der Waals surface area contributed by atoms with Crippen LogP contribution in [-0.4, -0.2) is 49.9 Å². The highest BCUT2D eigenvalue weighted by Gasteiger charge is 2.20. The van der Waals surface area contributed by atoms with Crippen molar-refractivity contribution in [1.82, 2.24) is 24.5 Å². The fourth-order valence-corrected chi connectivity index (χ4v) is 2.53. The zero-order valence-electron chi connectivity index (χ0n) is 15.1. The molecule has 2 amide bonds. The Morgan fingerprint density at radius 1 is 1.19 bits per heavy atom. The van der Waals surface area contributed by atoms with Gasteiger partial charge in [0.15, 0.2) is 0 Å². The minimum absolute atomic E-state index is 0.00818. The first-order valence-electron chi connectivity index (χ1n) is 8.16. The van der Waals surface area contributed by atoms with Gasteiger partial charge in [-0.3, -0.25) is 9.59 Å². The van der Waals surface area contributed by atoms with E-state index in [9.17, 15) is 9.59 Å². The van der Waals surface area contributed by atoms with E-state index in [2.05, 4.69) is 20.4 Å². The maximum atomic E-state index is 12.5. The van der Waals surface area contributed by atoms with Crippen molar-refractivity contribution in [3.05, 3.63) is 53.1 Å². The lowest BCUT2D eigenvalue weighted by molar-refractivity contribution is -0.116. The molecule has 0 fully saturated rings. The summed E-state index contributed by atoms with van der Waals surface area (Å²) in [6.07, 6.45) is 1.61. The Hall–Kier alpha value is -3.29. The topological polar surface area (TPSA) is 92.5 Å². The Morgan fingerprint density at radius 2 is 1.96 bits per heavy atom. The summed E-state index contributed by atoms with van der Waals surface area (Å²) in [6, 6.07) is 7.46. The maximum Gasteiger partial charge on any atom is 0.293 e. The van der Waals surface area contributed by atoms with Gasteiger partial charge in [0, 0.05) is 24.6 Å². The highest BCUT2D eigenvalue weighted by Crippen LogP contribution is 2.17. The molecule has 2 heterocycles. The van der Waals surface area contributed by atoms with Gasteiger partial charge in [-0.15, -0.1) is 5.10 Å². The molecule has 0 bridgehead atoms. The average Bonchev–Trinajstić information content (AvgIpc) is 3.04. The van der Waals surface area contributed by atoms with Gasteiger partial charge in [-0.2, -0.15) is 4.98 Å². The second-order valence-electron chi connectivity index (χ2n) is 6.19. The number of benzene rings is 1. The van der Waals surface area contributed by atoms with Crippen LogP contribution in [0.3, 0.4) is 0 Å². The number of rotatable bonds is 4. The fourth-order valence-electron chi connectivity index (χ4n) is 2.53. The molecule has 1 N–H and O–H groups in total. The van der Waals surface area contributed by atoms with Crippen LogP contribution in [-0.2, 0) is 4.79 Å². The molecule has 0 aliphatic carbocycles. The molecule has 1 aromatic carbocycles. The number of aromatic nitrogens is 4. The lowest BCUT2D eigenvalue weighted by atomic mass is 10.1. The highest BCUT2D eigenvalue weighted by atomic mass is 16.2. The van der Waals surface area contributed by atoms with Gasteiger partial charge >= 0.3 is 0 Å². The number of fused-ring (bicyclic) bond motifs is 1. The van der Waals surface area contributed by atoms with Crippen LogP contribution in [0.2, 0.25) is 0 Å². The van der Waals surface area contributed by atoms with E-state index >= 15 is 0 Å². The lowest BCUT2D eigenvalue weighted by Crippen LogP contribution is -2.35. The number of aryl methyl sites for hydroxylation is 2. The number of carbonyl (C=O) groups is 2. The highest BCUT2D eigenvalue weighted by molar-refractivity contribution is 5.98. The Morgan fingerprint density at radius 3 is 2.69 bits per heavy atom. The monoisotopic (exact) mass is 352 g/mol. The first kappa shape index (κ1) is 17.5. The summed E-state index contributed by atoms with van der Waals surface area (Å²) in [5.41, 5.74) is 3.64. The Balaban J connectivity index is 1.71. The van der Waals surface area contributed by atoms with Gasteiger partial charge in [0.05, 0.1) is 6.54 Å². The number of hydrogen-bond acceptors (Lipinski definition) is 5. The van der Waals surface area contributed by atoms with E-state index in [0.717, 1.165) is 22.5 Å². The third kappa shape index (κ3) is 3.39. The molecule has 3 aromatic rings. The van der Waals surface area contributed by atoms with E-state index in [1.54, 1.807) is 12.3 Å². The largest absolute Gasteiger partial charge is 0.330 e. The van der Waals surface area contributed by atoms with Gasteiger partial charge in [-0.25, -0.2) is 9.50 Å². The van der Waals surface area contributed by atoms with Crippen LogP contribution >= 0.6 is 0 Å². The minimum atomic E-state index is -0.439. The standard InChI is InChI=1S/C18H20N6O2/c1-11-6-5-7-14(13(11)3)20-15(25)10-23(4)17(26)16-21-18-19-9-8-12(2)24(18)22-16/h5-9H,10H2,1-4H3,(H,20,25). The molecule has 0 aliphatic heterocycles. The Labute approximate surface area is 150 Å². The number of anilines is 1. The molecule has 0 aliphatic rings. The average molecular weight is 352 g/mol. The van der Waals surface area contributed by atoms with Crippen molar-refractivity contribution in [2.45, 2.75) is 20.8 Å². The molecular formula is C18H20N6O2. The number of carbonyl (C=O) groups excluding carboxylic acids is 2. The molecule has 0 saturated heterocycles. The van der Waals surface area contributed by atoms with Crippen molar-refractivity contribution in [3.63, 3.8) is 0 Å². The summed E-state index contributed by atoms with van der Waals surface area (Å²) in [7, 11) is 1.54. The smallest absolute Gasteiger partial charge is 0.293 e. The molecule has 3 rings (SSSR count). The van der Waals surface area contributed by atoms with Crippen LogP contribution in [0.25, 0.3) is 5.78 Å². The molecule has 134 valence electrons. The third-order valence-electron chi connectivity index (χ3n) is 4.23. The summed E-state index contributed by atoms with van der Waals surface area (Å²) in [4.78, 5) is 34.3. The first-order chi connectivity index (χ1) is 12.4. The summed E-state index contributed by atoms with van der Waals surface area (Å²) < 4.78 is 1.50. The number of hydrogen-bond donors (Lipinski definition) is 1. The SMILES string of the molecule is Cc1cccc(NC(=O)CN(C)C(=O)c2nc3nccc(C)n3n2)c1C. The molecule has 26 heavy (non-hydrogen) atoms. The van der Waals surface area contributed by atoms with Gasteiger partial charge in [0.25, 0.3) is 11.7 Å². The molecule has 0 atom stereocenters. The van der Waals surface area contributed by atoms with Crippen molar-refractivity contribution >= 4 is 23.3 Å². The van der Waals surface area contributed by atoms with E-state index in [-0.39, 0.29) is 18.3 Å².